The molecule has 2 N–H and O–H groups in total. The molecule has 200 valence electrons. The Hall–Kier alpha value is -2.38. The van der Waals surface area contributed by atoms with Gasteiger partial charge < -0.3 is 4.84 Å². The zero-order valence-electron chi connectivity index (χ0n) is 22.8. The summed E-state index contributed by atoms with van der Waals surface area (Å²) in [5.41, 5.74) is 13.5. The van der Waals surface area contributed by atoms with Gasteiger partial charge in [0.2, 0.25) is 0 Å². The first-order chi connectivity index (χ1) is 18.1. The Morgan fingerprint density at radius 2 is 1.81 bits per heavy atom. The third-order valence-corrected chi connectivity index (χ3v) is 7.50. The first kappa shape index (κ1) is 27.6. The second kappa shape index (κ2) is 13.4. The molecule has 7 heteroatoms. The summed E-state index contributed by atoms with van der Waals surface area (Å²) in [7, 11) is 0. The Morgan fingerprint density at radius 3 is 2.57 bits per heavy atom. The monoisotopic (exact) mass is 523 g/mol. The van der Waals surface area contributed by atoms with Crippen molar-refractivity contribution in [3.63, 3.8) is 0 Å². The number of nitrogens with one attached hydrogen (secondary N) is 2. The van der Waals surface area contributed by atoms with Crippen molar-refractivity contribution in [2.75, 3.05) is 13.1 Å². The number of halogens is 1. The highest BCUT2D eigenvalue weighted by Crippen LogP contribution is 2.39. The summed E-state index contributed by atoms with van der Waals surface area (Å²) in [5.74, 6) is 1.03. The normalized spacial score (nSPS) is 17.9. The molecule has 0 radical (unpaired) electrons. The molecular formula is C30H42ClN5O. The molecule has 2 aliphatic rings. The lowest BCUT2D eigenvalue weighted by molar-refractivity contribution is 0.0213. The van der Waals surface area contributed by atoms with Crippen molar-refractivity contribution in [3.05, 3.63) is 75.4 Å². The van der Waals surface area contributed by atoms with Crippen molar-refractivity contribution in [1.82, 2.24) is 25.9 Å². The van der Waals surface area contributed by atoms with Gasteiger partial charge in [0.15, 0.2) is 0 Å². The lowest BCUT2D eigenvalue weighted by Crippen LogP contribution is -2.50. The van der Waals surface area contributed by atoms with E-state index in [-0.39, 0.29) is 0 Å². The number of hydrogen-bond acceptors (Lipinski definition) is 5. The number of benzene rings is 2. The number of rotatable bonds is 7. The Balaban J connectivity index is 0.00000156. The number of nitrogens with zero attached hydrogens (tertiary/aromatic N) is 3. The van der Waals surface area contributed by atoms with E-state index >= 15 is 0 Å². The van der Waals surface area contributed by atoms with Crippen LogP contribution in [0.5, 0.6) is 5.88 Å². The quantitative estimate of drug-likeness (QED) is 0.257. The van der Waals surface area contributed by atoms with Gasteiger partial charge in [-0.15, -0.1) is 5.10 Å². The molecule has 5 rings (SSSR count). The second-order valence-corrected chi connectivity index (χ2v) is 10.4. The standard InChI is InChI=1S/C28H36ClN5O.C2H6/c1-20-9-8-10-22(17-20)19-23-11-4-5-12-25-27(23)34(26-14-13-24(29)18-21(26)2)30-28(25)35-32-31-33-15-6-3-7-16-33;1-2/h8-10,13-14,17-18,23,31-32H,3-7,11-12,15-16,19H2,1-2H3;1-2H3. The van der Waals surface area contributed by atoms with Crippen molar-refractivity contribution in [3.8, 4) is 11.6 Å². The molecule has 0 bridgehead atoms. The van der Waals surface area contributed by atoms with Crippen LogP contribution >= 0.6 is 11.6 Å². The second-order valence-electron chi connectivity index (χ2n) is 10.0. The van der Waals surface area contributed by atoms with E-state index in [2.05, 4.69) is 65.0 Å². The third kappa shape index (κ3) is 6.94. The first-order valence-corrected chi connectivity index (χ1v) is 14.3. The van der Waals surface area contributed by atoms with Crippen LogP contribution in [-0.2, 0) is 12.8 Å². The predicted octanol–water partition coefficient (Wildman–Crippen LogP) is 7.01. The van der Waals surface area contributed by atoms with Crippen LogP contribution < -0.4 is 16.0 Å². The van der Waals surface area contributed by atoms with E-state index in [1.54, 1.807) is 0 Å². The minimum absolute atomic E-state index is 0.365. The van der Waals surface area contributed by atoms with Gasteiger partial charge in [-0.2, -0.15) is 5.53 Å². The fraction of sp³-hybridized carbons (Fsp3) is 0.500. The van der Waals surface area contributed by atoms with Crippen LogP contribution in [0.3, 0.4) is 0 Å². The van der Waals surface area contributed by atoms with Crippen molar-refractivity contribution in [2.24, 2.45) is 0 Å². The zero-order chi connectivity index (χ0) is 26.2. The molecule has 2 aromatic carbocycles. The van der Waals surface area contributed by atoms with Gasteiger partial charge in [0.05, 0.1) is 11.4 Å². The average Bonchev–Trinajstić information content (AvgIpc) is 3.12. The van der Waals surface area contributed by atoms with E-state index < -0.39 is 0 Å². The summed E-state index contributed by atoms with van der Waals surface area (Å²) in [6.45, 7) is 10.3. The van der Waals surface area contributed by atoms with Crippen molar-refractivity contribution >= 4 is 11.6 Å². The Bertz CT molecular complexity index is 1150. The molecule has 1 atom stereocenters. The molecule has 3 aromatic rings. The van der Waals surface area contributed by atoms with Gasteiger partial charge in [0.1, 0.15) is 0 Å². The smallest absolute Gasteiger partial charge is 0.262 e. The largest absolute Gasteiger partial charge is 0.370 e. The van der Waals surface area contributed by atoms with E-state index in [4.69, 9.17) is 21.5 Å². The SMILES string of the molecule is CC.Cc1cccc(CC2CCCCc3c(ONNN4CCCCC4)nn(-c4ccc(Cl)cc4C)c32)c1. The number of hydrogen-bond donors (Lipinski definition) is 2. The van der Waals surface area contributed by atoms with Gasteiger partial charge in [-0.05, 0) is 81.7 Å². The van der Waals surface area contributed by atoms with Crippen LogP contribution in [0.15, 0.2) is 42.5 Å². The molecule has 0 spiro atoms. The Morgan fingerprint density at radius 1 is 1.00 bits per heavy atom. The highest BCUT2D eigenvalue weighted by Gasteiger charge is 2.30. The summed E-state index contributed by atoms with van der Waals surface area (Å²) in [6.07, 6.45) is 9.13. The average molecular weight is 524 g/mol. The van der Waals surface area contributed by atoms with Gasteiger partial charge in [-0.25, -0.2) is 9.69 Å². The first-order valence-electron chi connectivity index (χ1n) is 13.9. The summed E-state index contributed by atoms with van der Waals surface area (Å²) in [6, 6.07) is 14.9. The van der Waals surface area contributed by atoms with Crippen molar-refractivity contribution < 1.29 is 4.84 Å². The molecule has 1 aliphatic heterocycles. The molecule has 0 amide bonds. The molecular weight excluding hydrogens is 482 g/mol. The van der Waals surface area contributed by atoms with Gasteiger partial charge in [-0.3, -0.25) is 0 Å². The minimum Gasteiger partial charge on any atom is -0.370 e. The van der Waals surface area contributed by atoms with E-state index in [0.717, 1.165) is 55.0 Å². The molecule has 1 fully saturated rings. The topological polar surface area (TPSA) is 54.4 Å². The highest BCUT2D eigenvalue weighted by atomic mass is 35.5. The molecule has 1 aliphatic carbocycles. The van der Waals surface area contributed by atoms with Crippen LogP contribution in [0.2, 0.25) is 5.02 Å². The number of aryl methyl sites for hydroxylation is 2. The van der Waals surface area contributed by atoms with E-state index in [0.29, 0.717) is 11.8 Å². The summed E-state index contributed by atoms with van der Waals surface area (Å²) in [4.78, 5) is 6.09. The maximum absolute atomic E-state index is 6.29. The molecule has 0 saturated carbocycles. The summed E-state index contributed by atoms with van der Waals surface area (Å²) in [5, 5.41) is 7.93. The number of piperidine rings is 1. The van der Waals surface area contributed by atoms with Crippen LogP contribution in [0.25, 0.3) is 5.69 Å². The van der Waals surface area contributed by atoms with Gasteiger partial charge >= 0.3 is 0 Å². The fourth-order valence-electron chi connectivity index (χ4n) is 5.51. The number of aromatic nitrogens is 2. The predicted molar refractivity (Wildman–Crippen MR) is 152 cm³/mol. The van der Waals surface area contributed by atoms with Crippen LogP contribution in [0.4, 0.5) is 0 Å². The van der Waals surface area contributed by atoms with Gasteiger partial charge in [-0.1, -0.05) is 73.7 Å². The third-order valence-electron chi connectivity index (χ3n) is 7.26. The van der Waals surface area contributed by atoms with E-state index in [1.165, 1.54) is 48.1 Å². The van der Waals surface area contributed by atoms with Crippen LogP contribution in [0, 0.1) is 13.8 Å². The molecule has 1 unspecified atom stereocenters. The number of hydrazine groups is 2. The van der Waals surface area contributed by atoms with Crippen LogP contribution in [-0.4, -0.2) is 27.9 Å². The maximum Gasteiger partial charge on any atom is 0.262 e. The molecule has 37 heavy (non-hydrogen) atoms. The maximum atomic E-state index is 6.29. The van der Waals surface area contributed by atoms with E-state index in [9.17, 15) is 0 Å². The lowest BCUT2D eigenvalue weighted by Gasteiger charge is -2.26. The van der Waals surface area contributed by atoms with Crippen LogP contribution in [0.1, 0.15) is 86.2 Å². The molecule has 6 nitrogen and oxygen atoms in total. The highest BCUT2D eigenvalue weighted by molar-refractivity contribution is 6.30. The summed E-state index contributed by atoms with van der Waals surface area (Å²) < 4.78 is 2.12. The molecule has 1 saturated heterocycles. The van der Waals surface area contributed by atoms with Crippen molar-refractivity contribution in [2.45, 2.75) is 85.0 Å². The zero-order valence-corrected chi connectivity index (χ0v) is 23.6. The lowest BCUT2D eigenvalue weighted by atomic mass is 9.90. The summed E-state index contributed by atoms with van der Waals surface area (Å²) >= 11 is 6.29. The molecule has 1 aromatic heterocycles. The van der Waals surface area contributed by atoms with Crippen molar-refractivity contribution in [1.29, 1.82) is 0 Å². The van der Waals surface area contributed by atoms with Gasteiger partial charge in [0, 0.05) is 29.6 Å². The Kier molecular flexibility index (Phi) is 10.0. The number of fused-ring (bicyclic) bond motifs is 1. The fourth-order valence-corrected chi connectivity index (χ4v) is 5.74. The van der Waals surface area contributed by atoms with E-state index in [1.807, 2.05) is 26.0 Å². The van der Waals surface area contributed by atoms with Gasteiger partial charge in [0.25, 0.3) is 5.88 Å². The Labute approximate surface area is 227 Å². The minimum atomic E-state index is 0.365. The molecule has 2 heterocycles.